The van der Waals surface area contributed by atoms with Crippen LogP contribution in [0, 0.1) is 5.41 Å². The van der Waals surface area contributed by atoms with E-state index in [1.165, 1.54) is 6.20 Å². The van der Waals surface area contributed by atoms with Crippen LogP contribution in [0.25, 0.3) is 0 Å². The molecule has 1 heterocycles. The highest BCUT2D eigenvalue weighted by Gasteiger charge is 2.32. The van der Waals surface area contributed by atoms with E-state index in [-0.39, 0.29) is 6.54 Å². The van der Waals surface area contributed by atoms with E-state index < -0.39 is 23.5 Å². The second-order valence-corrected chi connectivity index (χ2v) is 5.18. The predicted molar refractivity (Wildman–Crippen MR) is 68.3 cm³/mol. The van der Waals surface area contributed by atoms with E-state index in [0.717, 1.165) is 0 Å². The van der Waals surface area contributed by atoms with Gasteiger partial charge in [0.2, 0.25) is 0 Å². The maximum atomic E-state index is 11.6. The van der Waals surface area contributed by atoms with Crippen LogP contribution in [0.1, 0.15) is 26.5 Å². The predicted octanol–water partition coefficient (Wildman–Crippen LogP) is 0.775. The van der Waals surface area contributed by atoms with Crippen LogP contribution in [-0.2, 0) is 11.3 Å². The molecule has 1 rings (SSSR count). The largest absolute Gasteiger partial charge is 0.480 e. The first-order valence-corrected chi connectivity index (χ1v) is 5.84. The Morgan fingerprint density at radius 3 is 2.58 bits per heavy atom. The third-order valence-electron chi connectivity index (χ3n) is 2.45. The van der Waals surface area contributed by atoms with Gasteiger partial charge in [-0.25, -0.2) is 9.59 Å². The van der Waals surface area contributed by atoms with Gasteiger partial charge in [-0.1, -0.05) is 20.8 Å². The molecule has 7 heteroatoms. The van der Waals surface area contributed by atoms with E-state index in [0.29, 0.717) is 5.69 Å². The molecule has 0 radical (unpaired) electrons. The van der Waals surface area contributed by atoms with Crippen molar-refractivity contribution in [3.05, 3.63) is 24.0 Å². The monoisotopic (exact) mass is 266 g/mol. The third kappa shape index (κ3) is 4.90. The molecule has 3 N–H and O–H groups in total. The fourth-order valence-corrected chi connectivity index (χ4v) is 1.43. The summed E-state index contributed by atoms with van der Waals surface area (Å²) < 4.78 is 0. The molecule has 0 aliphatic heterocycles. The third-order valence-corrected chi connectivity index (χ3v) is 2.45. The number of aliphatic carboxylic acids is 1. The van der Waals surface area contributed by atoms with Gasteiger partial charge < -0.3 is 15.7 Å². The first-order chi connectivity index (χ1) is 8.80. The van der Waals surface area contributed by atoms with E-state index in [2.05, 4.69) is 20.8 Å². The molecule has 0 bridgehead atoms. The Morgan fingerprint density at radius 2 is 2.11 bits per heavy atom. The molecule has 0 spiro atoms. The molecular formula is C12H18N4O3. The Labute approximate surface area is 111 Å². The topological polar surface area (TPSA) is 104 Å². The smallest absolute Gasteiger partial charge is 0.326 e. The fourth-order valence-electron chi connectivity index (χ4n) is 1.43. The second-order valence-electron chi connectivity index (χ2n) is 5.18. The second kappa shape index (κ2) is 6.12. The van der Waals surface area contributed by atoms with Gasteiger partial charge in [-0.2, -0.15) is 10.2 Å². The molecule has 1 atom stereocenters. The molecule has 0 unspecified atom stereocenters. The van der Waals surface area contributed by atoms with Crippen LogP contribution in [0.3, 0.4) is 0 Å². The minimum Gasteiger partial charge on any atom is -0.480 e. The number of urea groups is 1. The molecule has 0 aromatic carbocycles. The van der Waals surface area contributed by atoms with Crippen molar-refractivity contribution in [1.82, 2.24) is 20.8 Å². The Hall–Kier alpha value is -2.18. The van der Waals surface area contributed by atoms with Crippen molar-refractivity contribution in [3.63, 3.8) is 0 Å². The normalized spacial score (nSPS) is 12.6. The fraction of sp³-hybridized carbons (Fsp3) is 0.500. The van der Waals surface area contributed by atoms with E-state index in [1.807, 2.05) is 0 Å². The summed E-state index contributed by atoms with van der Waals surface area (Å²) >= 11 is 0. The van der Waals surface area contributed by atoms with E-state index >= 15 is 0 Å². The van der Waals surface area contributed by atoms with Crippen molar-refractivity contribution in [3.8, 4) is 0 Å². The molecule has 1 aromatic heterocycles. The highest BCUT2D eigenvalue weighted by Crippen LogP contribution is 2.19. The number of carbonyl (C=O) groups is 2. The summed E-state index contributed by atoms with van der Waals surface area (Å²) in [6.45, 7) is 5.42. The van der Waals surface area contributed by atoms with Crippen LogP contribution in [-0.4, -0.2) is 33.3 Å². The summed E-state index contributed by atoms with van der Waals surface area (Å²) in [7, 11) is 0. The van der Waals surface area contributed by atoms with E-state index in [9.17, 15) is 9.59 Å². The van der Waals surface area contributed by atoms with E-state index in [4.69, 9.17) is 5.11 Å². The van der Waals surface area contributed by atoms with Gasteiger partial charge in [-0.3, -0.25) is 0 Å². The number of carbonyl (C=O) groups excluding carboxylic acids is 1. The minimum absolute atomic E-state index is 0.191. The highest BCUT2D eigenvalue weighted by atomic mass is 16.4. The van der Waals surface area contributed by atoms with Crippen molar-refractivity contribution in [2.24, 2.45) is 5.41 Å². The summed E-state index contributed by atoms with van der Waals surface area (Å²) in [6, 6.07) is 1.91. The van der Waals surface area contributed by atoms with Crippen molar-refractivity contribution in [2.75, 3.05) is 0 Å². The number of carboxylic acids is 1. The Kier molecular flexibility index (Phi) is 4.80. The van der Waals surface area contributed by atoms with Crippen molar-refractivity contribution in [1.29, 1.82) is 0 Å². The summed E-state index contributed by atoms with van der Waals surface area (Å²) in [5, 5.41) is 21.5. The number of amides is 2. The van der Waals surface area contributed by atoms with Crippen LogP contribution >= 0.6 is 0 Å². The lowest BCUT2D eigenvalue weighted by molar-refractivity contribution is -0.141. The van der Waals surface area contributed by atoms with Gasteiger partial charge in [-0.05, 0) is 17.5 Å². The van der Waals surface area contributed by atoms with Gasteiger partial charge >= 0.3 is 12.0 Å². The lowest BCUT2D eigenvalue weighted by atomic mass is 9.87. The molecule has 0 saturated heterocycles. The Bertz CT molecular complexity index is 442. The van der Waals surface area contributed by atoms with Crippen molar-refractivity contribution >= 4 is 12.0 Å². The number of nitrogens with zero attached hydrogens (tertiary/aromatic N) is 2. The van der Waals surface area contributed by atoms with Gasteiger partial charge in [0.05, 0.1) is 12.2 Å². The summed E-state index contributed by atoms with van der Waals surface area (Å²) in [5.74, 6) is -1.07. The first kappa shape index (κ1) is 14.9. The van der Waals surface area contributed by atoms with Crippen LogP contribution in [0.15, 0.2) is 18.3 Å². The molecule has 1 aromatic rings. The zero-order chi connectivity index (χ0) is 14.5. The molecule has 19 heavy (non-hydrogen) atoms. The van der Waals surface area contributed by atoms with Crippen LogP contribution in [0.2, 0.25) is 0 Å². The number of aromatic nitrogens is 2. The van der Waals surface area contributed by atoms with Crippen molar-refractivity contribution in [2.45, 2.75) is 33.4 Å². The number of hydrogen-bond donors (Lipinski definition) is 3. The van der Waals surface area contributed by atoms with Crippen LogP contribution < -0.4 is 10.6 Å². The van der Waals surface area contributed by atoms with Gasteiger partial charge in [0.25, 0.3) is 0 Å². The number of rotatable bonds is 4. The van der Waals surface area contributed by atoms with Gasteiger partial charge in [0, 0.05) is 6.20 Å². The summed E-state index contributed by atoms with van der Waals surface area (Å²) in [6.07, 6.45) is 1.53. The quantitative estimate of drug-likeness (QED) is 0.747. The number of carboxylic acid groups (broad SMARTS) is 1. The highest BCUT2D eigenvalue weighted by molar-refractivity contribution is 5.83. The van der Waals surface area contributed by atoms with E-state index in [1.54, 1.807) is 32.9 Å². The summed E-state index contributed by atoms with van der Waals surface area (Å²) in [4.78, 5) is 22.7. The SMILES string of the molecule is CC(C)(C)[C@@H](NC(=O)NCc1cccnn1)C(=O)O. The molecule has 7 nitrogen and oxygen atoms in total. The average molecular weight is 266 g/mol. The zero-order valence-corrected chi connectivity index (χ0v) is 11.2. The van der Waals surface area contributed by atoms with Crippen LogP contribution in [0.5, 0.6) is 0 Å². The maximum absolute atomic E-state index is 11.6. The summed E-state index contributed by atoms with van der Waals surface area (Å²) in [5.41, 5.74) is 0.0238. The number of hydrogen-bond acceptors (Lipinski definition) is 4. The maximum Gasteiger partial charge on any atom is 0.326 e. The number of nitrogens with one attached hydrogen (secondary N) is 2. The minimum atomic E-state index is -1.07. The van der Waals surface area contributed by atoms with Gasteiger partial charge in [0.15, 0.2) is 0 Å². The van der Waals surface area contributed by atoms with Crippen molar-refractivity contribution < 1.29 is 14.7 Å². The Morgan fingerprint density at radius 1 is 1.42 bits per heavy atom. The lowest BCUT2D eigenvalue weighted by Gasteiger charge is -2.27. The average Bonchev–Trinajstić information content (AvgIpc) is 2.33. The lowest BCUT2D eigenvalue weighted by Crippen LogP contribution is -2.52. The van der Waals surface area contributed by atoms with Gasteiger partial charge in [-0.15, -0.1) is 0 Å². The zero-order valence-electron chi connectivity index (χ0n) is 11.2. The molecule has 0 aliphatic carbocycles. The molecule has 2 amide bonds. The van der Waals surface area contributed by atoms with Crippen LogP contribution in [0.4, 0.5) is 4.79 Å². The molecular weight excluding hydrogens is 248 g/mol. The standard InChI is InChI=1S/C12H18N4O3/c1-12(2,3)9(10(17)18)15-11(19)13-7-8-5-4-6-14-16-8/h4-6,9H,7H2,1-3H3,(H,17,18)(H2,13,15,19)/t9-/m0/s1. The molecule has 0 fully saturated rings. The molecule has 0 saturated carbocycles. The Balaban J connectivity index is 2.52. The first-order valence-electron chi connectivity index (χ1n) is 5.84. The molecule has 0 aliphatic rings. The van der Waals surface area contributed by atoms with Gasteiger partial charge in [0.1, 0.15) is 6.04 Å². The molecule has 104 valence electrons.